The molecule has 0 amide bonds. The Morgan fingerprint density at radius 3 is 3.11 bits per heavy atom. The molecule has 0 aliphatic carbocycles. The van der Waals surface area contributed by atoms with Crippen LogP contribution in [0.25, 0.3) is 11.2 Å². The van der Waals surface area contributed by atoms with E-state index in [9.17, 15) is 5.11 Å². The zero-order chi connectivity index (χ0) is 13.6. The van der Waals surface area contributed by atoms with Crippen LogP contribution in [0.2, 0.25) is 0 Å². The Balaban J connectivity index is 2.04. The zero-order valence-electron chi connectivity index (χ0n) is 10.3. The average Bonchev–Trinajstić information content (AvgIpc) is 2.94. The molecule has 4 N–H and O–H groups in total. The van der Waals surface area contributed by atoms with Crippen LogP contribution in [0.1, 0.15) is 14.0 Å². The quantitative estimate of drug-likeness (QED) is 0.630. The van der Waals surface area contributed by atoms with Crippen molar-refractivity contribution in [2.45, 2.75) is 24.8 Å². The Bertz CT molecular complexity index is 606. The van der Waals surface area contributed by atoms with Crippen LogP contribution in [0, 0.1) is 0 Å². The number of hydrogen-bond acceptors (Lipinski definition) is 7. The highest BCUT2D eigenvalue weighted by atomic mass is 16.5. The fourth-order valence-electron chi connectivity index (χ4n) is 1.96. The van der Waals surface area contributed by atoms with Crippen LogP contribution in [0.15, 0.2) is 12.7 Å². The lowest BCUT2D eigenvalue weighted by Crippen LogP contribution is -2.24. The van der Waals surface area contributed by atoms with Crippen molar-refractivity contribution in [2.75, 3.05) is 12.3 Å². The molecule has 0 saturated carbocycles. The molecule has 18 heavy (non-hydrogen) atoms. The molecule has 96 valence electrons. The minimum absolute atomic E-state index is 0.238. The van der Waals surface area contributed by atoms with Gasteiger partial charge in [-0.05, 0) is 0 Å². The SMILES string of the molecule is [2H]C1C(O)[C@@H](CO)O[C@H]1n1cnc2c(N)ncnc21. The van der Waals surface area contributed by atoms with E-state index >= 15 is 0 Å². The normalized spacial score (nSPS) is 32.9. The molecule has 1 saturated heterocycles. The first-order valence-electron chi connectivity index (χ1n) is 6.01. The molecule has 1 fully saturated rings. The maximum absolute atomic E-state index is 9.79. The van der Waals surface area contributed by atoms with E-state index in [0.717, 1.165) is 0 Å². The second-order valence-corrected chi connectivity index (χ2v) is 4.01. The van der Waals surface area contributed by atoms with Crippen LogP contribution in [-0.4, -0.2) is 48.5 Å². The van der Waals surface area contributed by atoms with Crippen LogP contribution in [-0.2, 0) is 4.74 Å². The number of anilines is 1. The minimum atomic E-state index is -1.06. The molecule has 4 atom stereocenters. The molecule has 8 heteroatoms. The first kappa shape index (κ1) is 10.2. The number of aliphatic hydroxyl groups excluding tert-OH is 2. The Morgan fingerprint density at radius 1 is 1.56 bits per heavy atom. The van der Waals surface area contributed by atoms with Crippen molar-refractivity contribution in [3.05, 3.63) is 12.7 Å². The third kappa shape index (κ3) is 1.62. The highest BCUT2D eigenvalue weighted by molar-refractivity contribution is 5.81. The molecule has 2 unspecified atom stereocenters. The lowest BCUT2D eigenvalue weighted by Gasteiger charge is -2.13. The van der Waals surface area contributed by atoms with Gasteiger partial charge in [0.1, 0.15) is 24.2 Å². The van der Waals surface area contributed by atoms with Gasteiger partial charge in [0.05, 0.1) is 19.0 Å². The summed E-state index contributed by atoms with van der Waals surface area (Å²) >= 11 is 0. The maximum atomic E-state index is 9.79. The molecule has 0 spiro atoms. The van der Waals surface area contributed by atoms with Gasteiger partial charge in [-0.1, -0.05) is 0 Å². The Morgan fingerprint density at radius 2 is 2.39 bits per heavy atom. The summed E-state index contributed by atoms with van der Waals surface area (Å²) in [7, 11) is 0. The van der Waals surface area contributed by atoms with Crippen molar-refractivity contribution in [1.29, 1.82) is 0 Å². The molecule has 1 aliphatic heterocycles. The Labute approximate surface area is 103 Å². The largest absolute Gasteiger partial charge is 0.394 e. The minimum Gasteiger partial charge on any atom is -0.394 e. The van der Waals surface area contributed by atoms with Crippen LogP contribution < -0.4 is 5.73 Å². The number of nitrogens with two attached hydrogens (primary N) is 1. The molecule has 0 radical (unpaired) electrons. The Kier molecular flexibility index (Phi) is 2.35. The van der Waals surface area contributed by atoms with Crippen LogP contribution in [0.3, 0.4) is 0 Å². The van der Waals surface area contributed by atoms with Crippen molar-refractivity contribution in [3.63, 3.8) is 0 Å². The van der Waals surface area contributed by atoms with E-state index in [1.54, 1.807) is 0 Å². The van der Waals surface area contributed by atoms with Gasteiger partial charge < -0.3 is 20.7 Å². The maximum Gasteiger partial charge on any atom is 0.167 e. The summed E-state index contributed by atoms with van der Waals surface area (Å²) in [5.74, 6) is 0.238. The molecule has 1 aliphatic rings. The number of imidazole rings is 1. The molecule has 0 bridgehead atoms. The Hall–Kier alpha value is -1.77. The first-order chi connectivity index (χ1) is 9.13. The van der Waals surface area contributed by atoms with Gasteiger partial charge in [-0.3, -0.25) is 4.57 Å². The predicted molar refractivity (Wildman–Crippen MR) is 61.4 cm³/mol. The summed E-state index contributed by atoms with van der Waals surface area (Å²) in [4.78, 5) is 12.0. The van der Waals surface area contributed by atoms with Crippen LogP contribution in [0.4, 0.5) is 5.82 Å². The number of ether oxygens (including phenoxy) is 1. The summed E-state index contributed by atoms with van der Waals surface area (Å²) in [5, 5.41) is 18.9. The summed E-state index contributed by atoms with van der Waals surface area (Å²) in [5.41, 5.74) is 6.53. The summed E-state index contributed by atoms with van der Waals surface area (Å²) in [6, 6.07) is 0. The number of aliphatic hydroxyl groups is 2. The van der Waals surface area contributed by atoms with Crippen molar-refractivity contribution in [1.82, 2.24) is 19.5 Å². The third-order valence-electron chi connectivity index (χ3n) is 2.90. The molecular weight excluding hydrogens is 238 g/mol. The molecule has 2 aromatic rings. The van der Waals surface area contributed by atoms with E-state index in [1.807, 2.05) is 0 Å². The average molecular weight is 252 g/mol. The van der Waals surface area contributed by atoms with Crippen LogP contribution >= 0.6 is 0 Å². The van der Waals surface area contributed by atoms with Gasteiger partial charge in [0.25, 0.3) is 0 Å². The fourth-order valence-corrected chi connectivity index (χ4v) is 1.96. The monoisotopic (exact) mass is 252 g/mol. The lowest BCUT2D eigenvalue weighted by atomic mass is 10.2. The summed E-state index contributed by atoms with van der Waals surface area (Å²) < 4.78 is 14.9. The molecule has 3 rings (SSSR count). The highest BCUT2D eigenvalue weighted by Crippen LogP contribution is 2.30. The number of fused-ring (bicyclic) bond motifs is 1. The summed E-state index contributed by atoms with van der Waals surface area (Å²) in [6.45, 7) is -0.350. The molecule has 3 heterocycles. The van der Waals surface area contributed by atoms with Gasteiger partial charge in [-0.2, -0.15) is 0 Å². The van der Waals surface area contributed by atoms with Gasteiger partial charge in [-0.25, -0.2) is 15.0 Å². The fraction of sp³-hybridized carbons (Fsp3) is 0.500. The number of nitrogens with zero attached hydrogens (tertiary/aromatic N) is 4. The number of nitrogen functional groups attached to an aromatic ring is 1. The first-order valence-corrected chi connectivity index (χ1v) is 5.43. The number of aromatic nitrogens is 4. The van der Waals surface area contributed by atoms with Gasteiger partial charge in [-0.15, -0.1) is 0 Å². The number of rotatable bonds is 2. The predicted octanol–water partition coefficient (Wildman–Crippen LogP) is -0.951. The van der Waals surface area contributed by atoms with Crippen molar-refractivity contribution >= 4 is 17.0 Å². The van der Waals surface area contributed by atoms with Crippen molar-refractivity contribution < 1.29 is 16.3 Å². The van der Waals surface area contributed by atoms with E-state index in [2.05, 4.69) is 15.0 Å². The lowest BCUT2D eigenvalue weighted by molar-refractivity contribution is -0.0432. The van der Waals surface area contributed by atoms with E-state index in [-0.39, 0.29) is 12.4 Å². The molecule has 8 nitrogen and oxygen atoms in total. The third-order valence-corrected chi connectivity index (χ3v) is 2.90. The van der Waals surface area contributed by atoms with Crippen molar-refractivity contribution in [2.24, 2.45) is 0 Å². The second kappa shape index (κ2) is 4.16. The van der Waals surface area contributed by atoms with E-state index in [1.165, 1.54) is 17.2 Å². The molecular formula is C10H13N5O3. The van der Waals surface area contributed by atoms with E-state index < -0.39 is 24.8 Å². The molecule has 0 aromatic carbocycles. The van der Waals surface area contributed by atoms with E-state index in [0.29, 0.717) is 11.2 Å². The topological polar surface area (TPSA) is 119 Å². The standard InChI is InChI=1S/C10H13N5O3/c11-9-8-10(13-3-12-9)15(4-14-8)7-1-5(17)6(2-16)18-7/h3-7,16-17H,1-2H2,(H2,11,12,13)/t5?,6-,7-/m1/s1/i1D/t1?,5?,6-,7-. The number of hydrogen-bond donors (Lipinski definition) is 3. The smallest absolute Gasteiger partial charge is 0.167 e. The van der Waals surface area contributed by atoms with E-state index in [4.69, 9.17) is 16.9 Å². The van der Waals surface area contributed by atoms with Crippen LogP contribution in [0.5, 0.6) is 0 Å². The highest BCUT2D eigenvalue weighted by Gasteiger charge is 2.35. The zero-order valence-corrected chi connectivity index (χ0v) is 9.34. The van der Waals surface area contributed by atoms with Gasteiger partial charge >= 0.3 is 0 Å². The molecule has 2 aromatic heterocycles. The van der Waals surface area contributed by atoms with Gasteiger partial charge in [0, 0.05) is 7.77 Å². The van der Waals surface area contributed by atoms with Crippen molar-refractivity contribution in [3.8, 4) is 0 Å². The summed E-state index contributed by atoms with van der Waals surface area (Å²) in [6.07, 6.45) is -0.828. The van der Waals surface area contributed by atoms with Gasteiger partial charge in [0.2, 0.25) is 0 Å². The van der Waals surface area contributed by atoms with Gasteiger partial charge in [0.15, 0.2) is 11.5 Å². The second-order valence-electron chi connectivity index (χ2n) is 4.01.